The Balaban J connectivity index is 1.88. The summed E-state index contributed by atoms with van der Waals surface area (Å²) in [6, 6.07) is 5.59. The van der Waals surface area contributed by atoms with Gasteiger partial charge in [0.05, 0.1) is 5.75 Å². The molecule has 0 radical (unpaired) electrons. The molecule has 2 rings (SSSR count). The zero-order valence-electron chi connectivity index (χ0n) is 11.7. The normalized spacial score (nSPS) is 19.9. The smallest absolute Gasteiger partial charge is 0.214 e. The second kappa shape index (κ2) is 7.00. The molecular formula is C14H21BrN2O2S. The molecule has 1 unspecified atom stereocenters. The highest BCUT2D eigenvalue weighted by molar-refractivity contribution is 9.09. The fourth-order valence-corrected chi connectivity index (χ4v) is 4.54. The summed E-state index contributed by atoms with van der Waals surface area (Å²) in [5.41, 5.74) is 0.833. The second-order valence-corrected chi connectivity index (χ2v) is 8.83. The summed E-state index contributed by atoms with van der Waals surface area (Å²) in [6.45, 7) is 3.42. The SMILES string of the molecule is CC(Br)C1CCN(S(=O)(=O)CCc2ccccn2)CC1. The molecule has 4 nitrogen and oxygen atoms in total. The van der Waals surface area contributed by atoms with Gasteiger partial charge < -0.3 is 0 Å². The molecule has 0 aliphatic carbocycles. The molecule has 1 aliphatic heterocycles. The summed E-state index contributed by atoms with van der Waals surface area (Å²) >= 11 is 3.59. The first-order valence-corrected chi connectivity index (χ1v) is 9.53. The molecule has 112 valence electrons. The summed E-state index contributed by atoms with van der Waals surface area (Å²) in [4.78, 5) is 4.63. The van der Waals surface area contributed by atoms with E-state index in [1.54, 1.807) is 10.5 Å². The van der Waals surface area contributed by atoms with E-state index in [4.69, 9.17) is 0 Å². The van der Waals surface area contributed by atoms with E-state index in [1.807, 2.05) is 18.2 Å². The van der Waals surface area contributed by atoms with Crippen molar-refractivity contribution in [3.63, 3.8) is 0 Å². The van der Waals surface area contributed by atoms with Gasteiger partial charge >= 0.3 is 0 Å². The van der Waals surface area contributed by atoms with Crippen molar-refractivity contribution in [3.05, 3.63) is 30.1 Å². The number of alkyl halides is 1. The van der Waals surface area contributed by atoms with Gasteiger partial charge in [-0.15, -0.1) is 0 Å². The zero-order chi connectivity index (χ0) is 14.6. The minimum absolute atomic E-state index is 0.151. The quantitative estimate of drug-likeness (QED) is 0.757. The molecule has 1 atom stereocenters. The second-order valence-electron chi connectivity index (χ2n) is 5.30. The van der Waals surface area contributed by atoms with Gasteiger partial charge in [0.2, 0.25) is 10.0 Å². The maximum Gasteiger partial charge on any atom is 0.214 e. The molecule has 6 heteroatoms. The van der Waals surface area contributed by atoms with Crippen LogP contribution in [0.4, 0.5) is 0 Å². The van der Waals surface area contributed by atoms with Gasteiger partial charge in [-0.1, -0.05) is 28.9 Å². The van der Waals surface area contributed by atoms with Gasteiger partial charge in [-0.3, -0.25) is 4.98 Å². The standard InChI is InChI=1S/C14H21BrN2O2S/c1-12(15)13-5-9-17(10-6-13)20(18,19)11-7-14-4-2-3-8-16-14/h2-4,8,12-13H,5-7,9-11H2,1H3. The molecule has 1 aliphatic rings. The van der Waals surface area contributed by atoms with E-state index in [1.165, 1.54) is 0 Å². The maximum absolute atomic E-state index is 12.3. The molecule has 0 bridgehead atoms. The topological polar surface area (TPSA) is 50.3 Å². The first kappa shape index (κ1) is 15.9. The highest BCUT2D eigenvalue weighted by atomic mass is 79.9. The van der Waals surface area contributed by atoms with Gasteiger partial charge in [0, 0.05) is 36.2 Å². The monoisotopic (exact) mass is 360 g/mol. The van der Waals surface area contributed by atoms with E-state index >= 15 is 0 Å². The molecule has 0 aromatic carbocycles. The molecule has 0 spiro atoms. The van der Waals surface area contributed by atoms with Gasteiger partial charge in [0.1, 0.15) is 0 Å². The molecular weight excluding hydrogens is 340 g/mol. The highest BCUT2D eigenvalue weighted by Crippen LogP contribution is 2.26. The Labute approximate surface area is 129 Å². The lowest BCUT2D eigenvalue weighted by atomic mass is 9.96. The summed E-state index contributed by atoms with van der Waals surface area (Å²) in [5.74, 6) is 0.732. The van der Waals surface area contributed by atoms with Gasteiger partial charge in [-0.25, -0.2) is 12.7 Å². The van der Waals surface area contributed by atoms with Crippen LogP contribution >= 0.6 is 15.9 Å². The Bertz CT molecular complexity index is 511. The Morgan fingerprint density at radius 2 is 2.10 bits per heavy atom. The lowest BCUT2D eigenvalue weighted by Crippen LogP contribution is -2.41. The van der Waals surface area contributed by atoms with Crippen LogP contribution in [0.3, 0.4) is 0 Å². The van der Waals surface area contributed by atoms with E-state index in [0.717, 1.165) is 18.5 Å². The molecule has 1 aromatic heterocycles. The third-order valence-electron chi connectivity index (χ3n) is 3.88. The van der Waals surface area contributed by atoms with Crippen LogP contribution in [-0.2, 0) is 16.4 Å². The number of aryl methyl sites for hydroxylation is 1. The Morgan fingerprint density at radius 3 is 2.65 bits per heavy atom. The number of sulfonamides is 1. The fourth-order valence-electron chi connectivity index (χ4n) is 2.52. The number of rotatable bonds is 5. The lowest BCUT2D eigenvalue weighted by molar-refractivity contribution is 0.275. The molecule has 1 saturated heterocycles. The van der Waals surface area contributed by atoms with Crippen LogP contribution in [0.5, 0.6) is 0 Å². The van der Waals surface area contributed by atoms with Gasteiger partial charge in [0.15, 0.2) is 0 Å². The molecule has 2 heterocycles. The number of pyridine rings is 1. The zero-order valence-corrected chi connectivity index (χ0v) is 14.1. The third-order valence-corrected chi connectivity index (χ3v) is 6.50. The van der Waals surface area contributed by atoms with Crippen LogP contribution < -0.4 is 0 Å². The lowest BCUT2D eigenvalue weighted by Gasteiger charge is -2.32. The number of hydrogen-bond donors (Lipinski definition) is 0. The Morgan fingerprint density at radius 1 is 1.40 bits per heavy atom. The van der Waals surface area contributed by atoms with Crippen molar-refractivity contribution in [2.24, 2.45) is 5.92 Å². The highest BCUT2D eigenvalue weighted by Gasteiger charge is 2.29. The first-order valence-electron chi connectivity index (χ1n) is 7.01. The number of piperidine rings is 1. The van der Waals surface area contributed by atoms with Crippen LogP contribution in [0.1, 0.15) is 25.5 Å². The van der Waals surface area contributed by atoms with Crippen molar-refractivity contribution in [3.8, 4) is 0 Å². The third kappa shape index (κ3) is 4.27. The summed E-state index contributed by atoms with van der Waals surface area (Å²) in [5, 5.41) is 0. The molecule has 0 amide bonds. The van der Waals surface area contributed by atoms with Crippen molar-refractivity contribution in [1.29, 1.82) is 0 Å². The van der Waals surface area contributed by atoms with Crippen molar-refractivity contribution in [1.82, 2.24) is 9.29 Å². The van der Waals surface area contributed by atoms with Crippen molar-refractivity contribution < 1.29 is 8.42 Å². The number of hydrogen-bond acceptors (Lipinski definition) is 3. The van der Waals surface area contributed by atoms with Crippen LogP contribution in [0.25, 0.3) is 0 Å². The van der Waals surface area contributed by atoms with Gasteiger partial charge in [0.25, 0.3) is 0 Å². The molecule has 1 aromatic rings. The predicted molar refractivity (Wildman–Crippen MR) is 84.4 cm³/mol. The average molecular weight is 361 g/mol. The Kier molecular flexibility index (Phi) is 5.57. The van der Waals surface area contributed by atoms with Crippen molar-refractivity contribution in [2.75, 3.05) is 18.8 Å². The average Bonchev–Trinajstić information content (AvgIpc) is 2.46. The predicted octanol–water partition coefficient (Wildman–Crippen LogP) is 2.45. The number of halogens is 1. The fraction of sp³-hybridized carbons (Fsp3) is 0.643. The molecule has 20 heavy (non-hydrogen) atoms. The van der Waals surface area contributed by atoms with Crippen molar-refractivity contribution >= 4 is 26.0 Å². The van der Waals surface area contributed by atoms with E-state index in [2.05, 4.69) is 27.8 Å². The first-order chi connectivity index (χ1) is 9.49. The maximum atomic E-state index is 12.3. The number of nitrogens with zero attached hydrogens (tertiary/aromatic N) is 2. The number of aromatic nitrogens is 1. The summed E-state index contributed by atoms with van der Waals surface area (Å²) in [7, 11) is -3.15. The van der Waals surface area contributed by atoms with E-state index in [9.17, 15) is 8.42 Å². The van der Waals surface area contributed by atoms with E-state index < -0.39 is 10.0 Å². The van der Waals surface area contributed by atoms with Gasteiger partial charge in [-0.05, 0) is 30.9 Å². The molecule has 1 fully saturated rings. The minimum atomic E-state index is -3.15. The van der Waals surface area contributed by atoms with Crippen LogP contribution in [0.2, 0.25) is 0 Å². The molecule has 0 N–H and O–H groups in total. The summed E-state index contributed by atoms with van der Waals surface area (Å²) < 4.78 is 26.3. The van der Waals surface area contributed by atoms with Crippen LogP contribution in [-0.4, -0.2) is 41.4 Å². The van der Waals surface area contributed by atoms with Crippen molar-refractivity contribution in [2.45, 2.75) is 31.0 Å². The Hall–Kier alpha value is -0.460. The minimum Gasteiger partial charge on any atom is -0.261 e. The van der Waals surface area contributed by atoms with E-state index in [0.29, 0.717) is 30.3 Å². The largest absolute Gasteiger partial charge is 0.261 e. The van der Waals surface area contributed by atoms with Gasteiger partial charge in [-0.2, -0.15) is 0 Å². The molecule has 0 saturated carbocycles. The van der Waals surface area contributed by atoms with Crippen LogP contribution in [0.15, 0.2) is 24.4 Å². The van der Waals surface area contributed by atoms with E-state index in [-0.39, 0.29) is 5.75 Å². The van der Waals surface area contributed by atoms with Crippen LogP contribution in [0, 0.1) is 5.92 Å². The summed E-state index contributed by atoms with van der Waals surface area (Å²) in [6.07, 6.45) is 4.06.